The third-order valence-electron chi connectivity index (χ3n) is 5.21. The number of fused-ring (bicyclic) bond motifs is 1. The number of hydrogen-bond donors (Lipinski definition) is 3. The summed E-state index contributed by atoms with van der Waals surface area (Å²) < 4.78 is 8.37. The smallest absolute Gasteiger partial charge is 0.126 e. The maximum atomic E-state index is 6.30. The molecule has 6 nitrogen and oxygen atoms in total. The first-order valence-electron chi connectivity index (χ1n) is 9.21. The summed E-state index contributed by atoms with van der Waals surface area (Å²) in [6, 6.07) is 6.46. The van der Waals surface area contributed by atoms with Crippen molar-refractivity contribution in [1.82, 2.24) is 20.1 Å². The summed E-state index contributed by atoms with van der Waals surface area (Å²) >= 11 is 0. The Hall–Kier alpha value is -2.47. The van der Waals surface area contributed by atoms with Crippen LogP contribution in [-0.4, -0.2) is 33.0 Å². The van der Waals surface area contributed by atoms with E-state index in [4.69, 9.17) is 10.5 Å². The first-order chi connectivity index (χ1) is 12.4. The number of H-pyrrole nitrogens is 1. The van der Waals surface area contributed by atoms with Crippen molar-refractivity contribution < 1.29 is 4.74 Å². The predicted octanol–water partition coefficient (Wildman–Crippen LogP) is 3.46. The molecule has 1 fully saturated rings. The highest BCUT2D eigenvalue weighted by molar-refractivity contribution is 5.91. The average Bonchev–Trinajstić information content (AvgIpc) is 3.03. The average molecular weight is 353 g/mol. The number of nitrogen functional groups attached to an aromatic ring is 1. The van der Waals surface area contributed by atoms with Crippen LogP contribution < -0.4 is 15.8 Å². The zero-order valence-electron chi connectivity index (χ0n) is 15.9. The Balaban J connectivity index is 1.74. The molecule has 1 aliphatic carbocycles. The van der Waals surface area contributed by atoms with Crippen LogP contribution in [0.25, 0.3) is 16.6 Å². The minimum Gasteiger partial charge on any atom is -0.491 e. The van der Waals surface area contributed by atoms with Crippen molar-refractivity contribution in [2.45, 2.75) is 52.1 Å². The molecule has 138 valence electrons. The SMILES string of the molecule is Cc1c(OCC2(NC(C)C)CC2)cc2[nH]ncc2c1-n1c(C)ccc1N. The van der Waals surface area contributed by atoms with Gasteiger partial charge in [-0.1, -0.05) is 13.8 Å². The van der Waals surface area contributed by atoms with Gasteiger partial charge in [-0.25, -0.2) is 0 Å². The second-order valence-corrected chi connectivity index (χ2v) is 7.78. The van der Waals surface area contributed by atoms with Gasteiger partial charge in [0, 0.05) is 28.8 Å². The summed E-state index contributed by atoms with van der Waals surface area (Å²) in [5.41, 5.74) is 10.5. The molecule has 4 rings (SSSR count). The topological polar surface area (TPSA) is 80.9 Å². The maximum absolute atomic E-state index is 6.30. The summed E-state index contributed by atoms with van der Waals surface area (Å²) in [5.74, 6) is 1.59. The van der Waals surface area contributed by atoms with E-state index in [2.05, 4.69) is 47.8 Å². The van der Waals surface area contributed by atoms with Gasteiger partial charge in [-0.3, -0.25) is 9.67 Å². The molecule has 0 saturated heterocycles. The Bertz CT molecular complexity index is 929. The van der Waals surface area contributed by atoms with Crippen LogP contribution in [0, 0.1) is 13.8 Å². The van der Waals surface area contributed by atoms with Crippen LogP contribution in [0.3, 0.4) is 0 Å². The monoisotopic (exact) mass is 353 g/mol. The van der Waals surface area contributed by atoms with Gasteiger partial charge in [-0.05, 0) is 38.8 Å². The van der Waals surface area contributed by atoms with E-state index in [1.54, 1.807) is 0 Å². The summed E-state index contributed by atoms with van der Waals surface area (Å²) in [6.45, 7) is 9.17. The molecule has 2 aromatic heterocycles. The van der Waals surface area contributed by atoms with Crippen LogP contribution in [0.15, 0.2) is 24.4 Å². The lowest BCUT2D eigenvalue weighted by Crippen LogP contribution is -2.41. The van der Waals surface area contributed by atoms with Gasteiger partial charge in [-0.15, -0.1) is 0 Å². The molecule has 0 atom stereocenters. The van der Waals surface area contributed by atoms with Gasteiger partial charge in [0.1, 0.15) is 18.2 Å². The number of nitrogens with two attached hydrogens (primary N) is 1. The first kappa shape index (κ1) is 17.0. The maximum Gasteiger partial charge on any atom is 0.126 e. The number of nitrogens with zero attached hydrogens (tertiary/aromatic N) is 2. The lowest BCUT2D eigenvalue weighted by Gasteiger charge is -2.22. The van der Waals surface area contributed by atoms with E-state index in [1.165, 1.54) is 0 Å². The second kappa shape index (κ2) is 6.06. The van der Waals surface area contributed by atoms with Gasteiger partial charge in [0.2, 0.25) is 0 Å². The largest absolute Gasteiger partial charge is 0.491 e. The molecule has 1 saturated carbocycles. The molecule has 1 aromatic carbocycles. The van der Waals surface area contributed by atoms with Crippen LogP contribution in [0.5, 0.6) is 5.75 Å². The van der Waals surface area contributed by atoms with E-state index in [-0.39, 0.29) is 5.54 Å². The number of hydrogen-bond acceptors (Lipinski definition) is 4. The molecule has 6 heteroatoms. The van der Waals surface area contributed by atoms with E-state index in [1.807, 2.05) is 24.4 Å². The number of ether oxygens (including phenoxy) is 1. The van der Waals surface area contributed by atoms with Crippen LogP contribution in [0.2, 0.25) is 0 Å². The van der Waals surface area contributed by atoms with Crippen LogP contribution in [0.4, 0.5) is 5.82 Å². The molecule has 2 heterocycles. The van der Waals surface area contributed by atoms with E-state index in [0.29, 0.717) is 18.5 Å². The summed E-state index contributed by atoms with van der Waals surface area (Å²) in [5, 5.41) is 12.0. The minimum atomic E-state index is 0.117. The summed E-state index contributed by atoms with van der Waals surface area (Å²) in [6.07, 6.45) is 4.17. The molecular formula is C20H27N5O. The van der Waals surface area contributed by atoms with Gasteiger partial charge in [-0.2, -0.15) is 5.10 Å². The number of nitrogens with one attached hydrogen (secondary N) is 2. The van der Waals surface area contributed by atoms with E-state index >= 15 is 0 Å². The number of rotatable bonds is 6. The van der Waals surface area contributed by atoms with Gasteiger partial charge in [0.25, 0.3) is 0 Å². The lowest BCUT2D eigenvalue weighted by molar-refractivity contribution is 0.242. The van der Waals surface area contributed by atoms with Gasteiger partial charge in [0.05, 0.1) is 22.9 Å². The third-order valence-corrected chi connectivity index (χ3v) is 5.21. The van der Waals surface area contributed by atoms with Gasteiger partial charge >= 0.3 is 0 Å². The molecule has 0 bridgehead atoms. The number of anilines is 1. The van der Waals surface area contributed by atoms with Crippen molar-refractivity contribution in [2.75, 3.05) is 12.3 Å². The minimum absolute atomic E-state index is 0.117. The molecule has 0 aliphatic heterocycles. The Morgan fingerprint density at radius 3 is 2.73 bits per heavy atom. The number of aromatic nitrogens is 3. The van der Waals surface area contributed by atoms with E-state index < -0.39 is 0 Å². The van der Waals surface area contributed by atoms with E-state index in [0.717, 1.165) is 46.4 Å². The number of aromatic amines is 1. The Morgan fingerprint density at radius 2 is 2.12 bits per heavy atom. The highest BCUT2D eigenvalue weighted by atomic mass is 16.5. The van der Waals surface area contributed by atoms with Gasteiger partial charge < -0.3 is 15.8 Å². The molecule has 0 amide bonds. The third kappa shape index (κ3) is 2.84. The molecular weight excluding hydrogens is 326 g/mol. The lowest BCUT2D eigenvalue weighted by atomic mass is 10.1. The predicted molar refractivity (Wildman–Crippen MR) is 105 cm³/mol. The Kier molecular flexibility index (Phi) is 3.95. The molecule has 4 N–H and O–H groups in total. The van der Waals surface area contributed by atoms with Crippen molar-refractivity contribution in [3.8, 4) is 11.4 Å². The highest BCUT2D eigenvalue weighted by Crippen LogP contribution is 2.39. The van der Waals surface area contributed by atoms with Crippen LogP contribution in [0.1, 0.15) is 37.9 Å². The molecule has 1 aliphatic rings. The zero-order valence-corrected chi connectivity index (χ0v) is 15.9. The molecule has 3 aromatic rings. The fourth-order valence-electron chi connectivity index (χ4n) is 3.76. The second-order valence-electron chi connectivity index (χ2n) is 7.78. The Labute approximate surface area is 153 Å². The molecule has 0 spiro atoms. The van der Waals surface area contributed by atoms with Crippen molar-refractivity contribution >= 4 is 16.7 Å². The summed E-state index contributed by atoms with van der Waals surface area (Å²) in [7, 11) is 0. The fraction of sp³-hybridized carbons (Fsp3) is 0.450. The fourth-order valence-corrected chi connectivity index (χ4v) is 3.76. The number of benzene rings is 1. The van der Waals surface area contributed by atoms with Crippen molar-refractivity contribution in [3.05, 3.63) is 35.7 Å². The molecule has 0 radical (unpaired) electrons. The van der Waals surface area contributed by atoms with Crippen molar-refractivity contribution in [3.63, 3.8) is 0 Å². The number of aryl methyl sites for hydroxylation is 1. The van der Waals surface area contributed by atoms with Crippen molar-refractivity contribution in [2.24, 2.45) is 0 Å². The quantitative estimate of drug-likeness (QED) is 0.634. The van der Waals surface area contributed by atoms with Crippen LogP contribution >= 0.6 is 0 Å². The summed E-state index contributed by atoms with van der Waals surface area (Å²) in [4.78, 5) is 0. The molecule has 0 unspecified atom stereocenters. The normalized spacial score (nSPS) is 15.7. The highest BCUT2D eigenvalue weighted by Gasteiger charge is 2.43. The Morgan fingerprint density at radius 1 is 1.35 bits per heavy atom. The molecule has 26 heavy (non-hydrogen) atoms. The van der Waals surface area contributed by atoms with Crippen LogP contribution in [-0.2, 0) is 0 Å². The standard InChI is InChI=1S/C20H27N5O/c1-12(2)23-20(7-8-20)11-26-17-9-16-15(10-22-24-16)19(14(17)4)25-13(3)5-6-18(25)21/h5-6,9-10,12,23H,7-8,11,21H2,1-4H3,(H,22,24). The van der Waals surface area contributed by atoms with E-state index in [9.17, 15) is 0 Å². The zero-order chi connectivity index (χ0) is 18.5. The first-order valence-corrected chi connectivity index (χ1v) is 9.21. The van der Waals surface area contributed by atoms with Crippen molar-refractivity contribution in [1.29, 1.82) is 0 Å². The van der Waals surface area contributed by atoms with Gasteiger partial charge in [0.15, 0.2) is 0 Å².